The minimum atomic E-state index is -0.654. The predicted octanol–water partition coefficient (Wildman–Crippen LogP) is -1.59. The van der Waals surface area contributed by atoms with Crippen molar-refractivity contribution in [2.24, 2.45) is 29.6 Å². The summed E-state index contributed by atoms with van der Waals surface area (Å²) in [5.74, 6) is -4.13. The van der Waals surface area contributed by atoms with E-state index in [1.54, 1.807) is 6.92 Å². The second-order valence-corrected chi connectivity index (χ2v) is 4.67. The molecule has 3 fully saturated rings. The van der Waals surface area contributed by atoms with Crippen LogP contribution < -0.4 is 10.6 Å². The smallest absolute Gasteiger partial charge is 0.231 e. The van der Waals surface area contributed by atoms with Crippen LogP contribution in [0.3, 0.4) is 0 Å². The summed E-state index contributed by atoms with van der Waals surface area (Å²) in [7, 11) is 0. The molecule has 3 aliphatic rings. The van der Waals surface area contributed by atoms with Crippen LogP contribution in [0.15, 0.2) is 0 Å². The summed E-state index contributed by atoms with van der Waals surface area (Å²) in [5.41, 5.74) is 0. The summed E-state index contributed by atoms with van der Waals surface area (Å²) in [5, 5.41) is 4.46. The topological polar surface area (TPSA) is 92.3 Å². The molecule has 0 bridgehead atoms. The number of hydrogen-bond donors (Lipinski definition) is 2. The van der Waals surface area contributed by atoms with Crippen LogP contribution in [-0.4, -0.2) is 23.6 Å². The first-order valence-electron chi connectivity index (χ1n) is 5.22. The summed E-state index contributed by atoms with van der Waals surface area (Å²) in [6.45, 7) is 1.75. The molecule has 1 saturated carbocycles. The van der Waals surface area contributed by atoms with Gasteiger partial charge in [-0.15, -0.1) is 0 Å². The molecule has 2 heterocycles. The van der Waals surface area contributed by atoms with Gasteiger partial charge >= 0.3 is 0 Å². The molecule has 6 nitrogen and oxygen atoms in total. The normalized spacial score (nSPS) is 45.4. The van der Waals surface area contributed by atoms with Crippen LogP contribution in [0.5, 0.6) is 0 Å². The number of amides is 4. The average molecular weight is 222 g/mol. The lowest BCUT2D eigenvalue weighted by atomic mass is 9.89. The number of carbonyl (C=O) groups excluding carboxylic acids is 4. The first kappa shape index (κ1) is 9.50. The Kier molecular flexibility index (Phi) is 1.60. The molecule has 1 aliphatic carbocycles. The van der Waals surface area contributed by atoms with Crippen molar-refractivity contribution in [3.63, 3.8) is 0 Å². The highest BCUT2D eigenvalue weighted by Crippen LogP contribution is 2.50. The Balaban J connectivity index is 2.09. The van der Waals surface area contributed by atoms with E-state index in [0.29, 0.717) is 0 Å². The van der Waals surface area contributed by atoms with Gasteiger partial charge in [0.05, 0.1) is 23.7 Å². The van der Waals surface area contributed by atoms with Crippen molar-refractivity contribution in [1.82, 2.24) is 10.6 Å². The molecule has 4 atom stereocenters. The van der Waals surface area contributed by atoms with E-state index in [-0.39, 0.29) is 17.7 Å². The zero-order valence-electron chi connectivity index (χ0n) is 8.52. The number of rotatable bonds is 0. The second kappa shape index (κ2) is 2.69. The van der Waals surface area contributed by atoms with E-state index < -0.39 is 35.5 Å². The van der Waals surface area contributed by atoms with Crippen molar-refractivity contribution in [2.75, 3.05) is 0 Å². The summed E-state index contributed by atoms with van der Waals surface area (Å²) in [6.07, 6.45) is 0. The lowest BCUT2D eigenvalue weighted by Gasteiger charge is -2.13. The summed E-state index contributed by atoms with van der Waals surface area (Å²) in [6, 6.07) is 0. The number of imide groups is 2. The fraction of sp³-hybridized carbons (Fsp3) is 0.600. The third-order valence-electron chi connectivity index (χ3n) is 4.00. The van der Waals surface area contributed by atoms with Gasteiger partial charge in [0.2, 0.25) is 23.6 Å². The zero-order chi connectivity index (χ0) is 11.6. The molecule has 84 valence electrons. The van der Waals surface area contributed by atoms with E-state index in [0.717, 1.165) is 0 Å². The van der Waals surface area contributed by atoms with Crippen LogP contribution >= 0.6 is 0 Å². The van der Waals surface area contributed by atoms with Gasteiger partial charge in [-0.2, -0.15) is 0 Å². The fourth-order valence-electron chi connectivity index (χ4n) is 3.36. The molecule has 4 unspecified atom stereocenters. The van der Waals surface area contributed by atoms with Crippen molar-refractivity contribution in [1.29, 1.82) is 0 Å². The van der Waals surface area contributed by atoms with Gasteiger partial charge < -0.3 is 0 Å². The molecule has 2 saturated heterocycles. The van der Waals surface area contributed by atoms with Crippen LogP contribution in [0, 0.1) is 29.6 Å². The van der Waals surface area contributed by atoms with E-state index in [1.165, 1.54) is 0 Å². The highest BCUT2D eigenvalue weighted by atomic mass is 16.2. The third kappa shape index (κ3) is 0.874. The molecule has 3 rings (SSSR count). The minimum absolute atomic E-state index is 0.257. The molecule has 4 amide bonds. The van der Waals surface area contributed by atoms with Crippen LogP contribution in [0.2, 0.25) is 0 Å². The molecule has 0 aromatic heterocycles. The number of carbonyl (C=O) groups is 4. The summed E-state index contributed by atoms with van der Waals surface area (Å²) >= 11 is 0. The highest BCUT2D eigenvalue weighted by Gasteiger charge is 2.65. The monoisotopic (exact) mass is 222 g/mol. The predicted molar refractivity (Wildman–Crippen MR) is 49.4 cm³/mol. The van der Waals surface area contributed by atoms with Gasteiger partial charge in [-0.3, -0.25) is 29.8 Å². The third-order valence-corrected chi connectivity index (χ3v) is 4.00. The van der Waals surface area contributed by atoms with Crippen molar-refractivity contribution in [3.05, 3.63) is 0 Å². The summed E-state index contributed by atoms with van der Waals surface area (Å²) in [4.78, 5) is 46.3. The van der Waals surface area contributed by atoms with Crippen LogP contribution in [0.4, 0.5) is 0 Å². The van der Waals surface area contributed by atoms with Crippen molar-refractivity contribution < 1.29 is 19.2 Å². The Morgan fingerprint density at radius 1 is 0.688 bits per heavy atom. The standard InChI is InChI=1S/C10H10N2O4/c1-2-3-5(9(15)11-7(3)13)6-4(2)8(14)12-10(6)16/h2-6H,1H3,(H,11,13,15)(H,12,14,16). The second-order valence-electron chi connectivity index (χ2n) is 4.67. The molecule has 6 heteroatoms. The van der Waals surface area contributed by atoms with E-state index in [4.69, 9.17) is 0 Å². The molecular weight excluding hydrogens is 212 g/mol. The molecule has 0 aromatic rings. The Hall–Kier alpha value is -1.72. The van der Waals surface area contributed by atoms with Crippen LogP contribution in [0.1, 0.15) is 6.92 Å². The van der Waals surface area contributed by atoms with Gasteiger partial charge in [0.1, 0.15) is 0 Å². The van der Waals surface area contributed by atoms with Crippen molar-refractivity contribution in [2.45, 2.75) is 6.92 Å². The molecule has 2 N–H and O–H groups in total. The van der Waals surface area contributed by atoms with Crippen LogP contribution in [-0.2, 0) is 19.2 Å². The molecule has 16 heavy (non-hydrogen) atoms. The first-order chi connectivity index (χ1) is 7.52. The SMILES string of the molecule is CC1C2C(=O)NC(=O)C2C2C(=O)NC(=O)C12. The van der Waals surface area contributed by atoms with Gasteiger partial charge in [-0.05, 0) is 5.92 Å². The highest BCUT2D eigenvalue weighted by molar-refractivity contribution is 6.13. The van der Waals surface area contributed by atoms with Gasteiger partial charge in [-0.1, -0.05) is 6.92 Å². The fourth-order valence-corrected chi connectivity index (χ4v) is 3.36. The maximum absolute atomic E-state index is 11.6. The number of fused-ring (bicyclic) bond motifs is 3. The maximum Gasteiger partial charge on any atom is 0.231 e. The van der Waals surface area contributed by atoms with E-state index in [1.807, 2.05) is 0 Å². The van der Waals surface area contributed by atoms with Gasteiger partial charge in [0, 0.05) is 0 Å². The molecule has 0 radical (unpaired) electrons. The van der Waals surface area contributed by atoms with Crippen LogP contribution in [0.25, 0.3) is 0 Å². The zero-order valence-corrected chi connectivity index (χ0v) is 8.52. The minimum Gasteiger partial charge on any atom is -0.296 e. The van der Waals surface area contributed by atoms with E-state index >= 15 is 0 Å². The molecule has 0 aromatic carbocycles. The first-order valence-corrected chi connectivity index (χ1v) is 5.22. The van der Waals surface area contributed by atoms with Crippen molar-refractivity contribution >= 4 is 23.6 Å². The van der Waals surface area contributed by atoms with Gasteiger partial charge in [0.25, 0.3) is 0 Å². The molecular formula is C10H10N2O4. The Morgan fingerprint density at radius 2 is 1.00 bits per heavy atom. The lowest BCUT2D eigenvalue weighted by Crippen LogP contribution is -2.31. The Bertz CT molecular complexity index is 404. The quantitative estimate of drug-likeness (QED) is 0.483. The largest absolute Gasteiger partial charge is 0.296 e. The molecule has 0 spiro atoms. The number of nitrogens with one attached hydrogen (secondary N) is 2. The molecule has 2 aliphatic heterocycles. The van der Waals surface area contributed by atoms with E-state index in [9.17, 15) is 19.2 Å². The summed E-state index contributed by atoms with van der Waals surface area (Å²) < 4.78 is 0. The maximum atomic E-state index is 11.6. The van der Waals surface area contributed by atoms with Crippen molar-refractivity contribution in [3.8, 4) is 0 Å². The van der Waals surface area contributed by atoms with Gasteiger partial charge in [-0.25, -0.2) is 0 Å². The average Bonchev–Trinajstić information content (AvgIpc) is 2.74. The lowest BCUT2D eigenvalue weighted by molar-refractivity contribution is -0.131. The Labute approximate surface area is 90.8 Å². The Morgan fingerprint density at radius 3 is 1.38 bits per heavy atom. The van der Waals surface area contributed by atoms with Gasteiger partial charge in [0.15, 0.2) is 0 Å². The van der Waals surface area contributed by atoms with E-state index in [2.05, 4.69) is 10.6 Å². The number of hydrogen-bond acceptors (Lipinski definition) is 4.